The maximum absolute atomic E-state index is 12.3. The van der Waals surface area contributed by atoms with Gasteiger partial charge >= 0.3 is 17.9 Å². The van der Waals surface area contributed by atoms with E-state index in [4.69, 9.17) is 28.4 Å². The summed E-state index contributed by atoms with van der Waals surface area (Å²) in [4.78, 5) is 36.7. The van der Waals surface area contributed by atoms with Crippen molar-refractivity contribution < 1.29 is 47.9 Å². The monoisotopic (exact) mass is 584 g/mol. The highest BCUT2D eigenvalue weighted by Crippen LogP contribution is 2.31. The molecule has 42 heavy (non-hydrogen) atoms. The number of carbonyl (C=O) groups is 3. The van der Waals surface area contributed by atoms with Crippen molar-refractivity contribution in [2.24, 2.45) is 11.8 Å². The number of esters is 3. The van der Waals surface area contributed by atoms with Crippen molar-refractivity contribution >= 4 is 17.9 Å². The Morgan fingerprint density at radius 3 is 1.93 bits per heavy atom. The Balaban J connectivity index is 1.88. The highest BCUT2D eigenvalue weighted by molar-refractivity contribution is 5.95. The summed E-state index contributed by atoms with van der Waals surface area (Å²) in [5, 5.41) is 11.4. The Labute approximate surface area is 246 Å². The second-order valence-electron chi connectivity index (χ2n) is 10.1. The number of benzene rings is 2. The quantitative estimate of drug-likeness (QED) is 0.153. The molecule has 1 heterocycles. The summed E-state index contributed by atoms with van der Waals surface area (Å²) < 4.78 is 33.3. The van der Waals surface area contributed by atoms with E-state index in [1.54, 1.807) is 6.92 Å². The van der Waals surface area contributed by atoms with E-state index in [1.165, 1.54) is 33.5 Å². The van der Waals surface area contributed by atoms with Gasteiger partial charge in [0, 0.05) is 6.42 Å². The van der Waals surface area contributed by atoms with Crippen LogP contribution in [0.4, 0.5) is 0 Å². The number of hydrogen-bond acceptors (Lipinski definition) is 10. The molecule has 1 saturated heterocycles. The molecule has 0 radical (unpaired) electrons. The van der Waals surface area contributed by atoms with Crippen molar-refractivity contribution in [2.75, 3.05) is 21.3 Å². The molecule has 0 amide bonds. The van der Waals surface area contributed by atoms with Crippen LogP contribution in [0.5, 0.6) is 0 Å². The van der Waals surface area contributed by atoms with Crippen LogP contribution in [-0.2, 0) is 56.0 Å². The summed E-state index contributed by atoms with van der Waals surface area (Å²) in [5.74, 6) is -3.84. The molecule has 1 unspecified atom stereocenters. The maximum atomic E-state index is 12.3. The van der Waals surface area contributed by atoms with Crippen LogP contribution in [0.25, 0.3) is 0 Å². The summed E-state index contributed by atoms with van der Waals surface area (Å²) >= 11 is 0. The zero-order valence-corrected chi connectivity index (χ0v) is 24.4. The van der Waals surface area contributed by atoms with Gasteiger partial charge in [0.25, 0.3) is 0 Å². The molecule has 0 aromatic heterocycles. The second-order valence-corrected chi connectivity index (χ2v) is 10.1. The zero-order chi connectivity index (χ0) is 30.5. The number of rotatable bonds is 14. The van der Waals surface area contributed by atoms with Crippen LogP contribution in [0.2, 0.25) is 0 Å². The van der Waals surface area contributed by atoms with Crippen LogP contribution in [0.3, 0.4) is 0 Å². The molecular weight excluding hydrogens is 544 g/mol. The van der Waals surface area contributed by atoms with Crippen molar-refractivity contribution in [3.05, 3.63) is 83.9 Å². The minimum atomic E-state index is -1.24. The van der Waals surface area contributed by atoms with E-state index in [-0.39, 0.29) is 19.6 Å². The lowest BCUT2D eigenvalue weighted by atomic mass is 9.90. The topological polar surface area (TPSA) is 127 Å². The number of aliphatic hydroxyl groups is 1. The Morgan fingerprint density at radius 2 is 1.40 bits per heavy atom. The number of ether oxygens (including phenoxy) is 6. The van der Waals surface area contributed by atoms with Crippen molar-refractivity contribution in [3.8, 4) is 0 Å². The molecular formula is C32H40O10. The van der Waals surface area contributed by atoms with Gasteiger partial charge in [0.05, 0.1) is 53.2 Å². The molecule has 1 aliphatic heterocycles. The average molecular weight is 585 g/mol. The molecule has 0 spiro atoms. The first-order valence-electron chi connectivity index (χ1n) is 13.8. The number of hydrogen-bond donors (Lipinski definition) is 1. The minimum Gasteiger partial charge on any atom is -0.469 e. The largest absolute Gasteiger partial charge is 0.469 e. The lowest BCUT2D eigenvalue weighted by molar-refractivity contribution is -0.226. The SMILES string of the molecule is COC(=O)C[C@@H]1C[C@H](OCc2ccccc2)[C@@H](OCc2ccccc2)[C@H](C(O)/C=C/[C@H](C)C(C(=O)OC)C(=O)OC)O1. The summed E-state index contributed by atoms with van der Waals surface area (Å²) in [5.41, 5.74) is 1.88. The highest BCUT2D eigenvalue weighted by Gasteiger charge is 2.44. The number of aliphatic hydroxyl groups excluding tert-OH is 1. The first-order chi connectivity index (χ1) is 20.3. The summed E-state index contributed by atoms with van der Waals surface area (Å²) in [6.45, 7) is 2.16. The summed E-state index contributed by atoms with van der Waals surface area (Å²) in [6, 6.07) is 19.2. The fourth-order valence-electron chi connectivity index (χ4n) is 4.83. The van der Waals surface area contributed by atoms with Gasteiger partial charge in [-0.2, -0.15) is 0 Å². The van der Waals surface area contributed by atoms with Gasteiger partial charge < -0.3 is 33.5 Å². The van der Waals surface area contributed by atoms with E-state index in [2.05, 4.69) is 0 Å². The van der Waals surface area contributed by atoms with Gasteiger partial charge in [-0.25, -0.2) is 0 Å². The predicted octanol–water partition coefficient (Wildman–Crippen LogP) is 3.39. The van der Waals surface area contributed by atoms with Crippen LogP contribution in [0.1, 0.15) is 30.9 Å². The Morgan fingerprint density at radius 1 is 0.857 bits per heavy atom. The molecule has 0 bridgehead atoms. The van der Waals surface area contributed by atoms with Crippen molar-refractivity contribution in [1.82, 2.24) is 0 Å². The standard InChI is InChI=1S/C32H40O10/c1-21(28(31(35)38-3)32(36)39-4)15-16-25(33)29-30(41-20-23-13-9-6-10-14-23)26(17-24(42-29)18-27(34)37-2)40-19-22-11-7-5-8-12-22/h5-16,21,24-26,28-30,33H,17-20H2,1-4H3/b16-15+/t21-,24-,25?,26-,29-,30+/m0/s1. The van der Waals surface area contributed by atoms with E-state index in [9.17, 15) is 19.5 Å². The van der Waals surface area contributed by atoms with Crippen molar-refractivity contribution in [1.29, 1.82) is 0 Å². The normalized spacial score (nSPS) is 22.0. The molecule has 1 fully saturated rings. The zero-order valence-electron chi connectivity index (χ0n) is 24.4. The van der Waals surface area contributed by atoms with E-state index in [0.717, 1.165) is 11.1 Å². The van der Waals surface area contributed by atoms with Crippen LogP contribution in [-0.4, -0.2) is 74.9 Å². The van der Waals surface area contributed by atoms with Gasteiger partial charge in [0.15, 0.2) is 5.92 Å². The molecule has 2 aromatic rings. The van der Waals surface area contributed by atoms with Gasteiger partial charge in [-0.05, 0) is 17.0 Å². The smallest absolute Gasteiger partial charge is 0.320 e. The maximum Gasteiger partial charge on any atom is 0.320 e. The third-order valence-corrected chi connectivity index (χ3v) is 7.13. The first-order valence-corrected chi connectivity index (χ1v) is 13.8. The van der Waals surface area contributed by atoms with Gasteiger partial charge in [0.1, 0.15) is 18.3 Å². The fraction of sp³-hybridized carbons (Fsp3) is 0.469. The summed E-state index contributed by atoms with van der Waals surface area (Å²) in [7, 11) is 3.67. The van der Waals surface area contributed by atoms with Crippen LogP contribution in [0, 0.1) is 11.8 Å². The van der Waals surface area contributed by atoms with Gasteiger partial charge in [-0.15, -0.1) is 0 Å². The Kier molecular flexibility index (Phi) is 13.1. The number of allylic oxidation sites excluding steroid dienone is 1. The van der Waals surface area contributed by atoms with Crippen molar-refractivity contribution in [2.45, 2.75) is 63.5 Å². The number of carbonyl (C=O) groups excluding carboxylic acids is 3. The minimum absolute atomic E-state index is 0.0385. The second kappa shape index (κ2) is 16.8. The lowest BCUT2D eigenvalue weighted by Crippen LogP contribution is -2.55. The fourth-order valence-corrected chi connectivity index (χ4v) is 4.83. The molecule has 6 atom stereocenters. The molecule has 10 heteroatoms. The summed E-state index contributed by atoms with van der Waals surface area (Å²) in [6.07, 6.45) is -0.801. The van der Waals surface area contributed by atoms with E-state index in [0.29, 0.717) is 6.42 Å². The molecule has 0 aliphatic carbocycles. The molecule has 1 N–H and O–H groups in total. The van der Waals surface area contributed by atoms with E-state index < -0.39 is 60.3 Å². The highest BCUT2D eigenvalue weighted by atomic mass is 16.6. The van der Waals surface area contributed by atoms with Gasteiger partial charge in [-0.3, -0.25) is 14.4 Å². The van der Waals surface area contributed by atoms with Crippen LogP contribution >= 0.6 is 0 Å². The van der Waals surface area contributed by atoms with Gasteiger partial charge in [-0.1, -0.05) is 79.7 Å². The molecule has 3 rings (SSSR count). The Hall–Kier alpha value is -3.57. The van der Waals surface area contributed by atoms with Crippen molar-refractivity contribution in [3.63, 3.8) is 0 Å². The molecule has 2 aromatic carbocycles. The molecule has 228 valence electrons. The Bertz CT molecular complexity index is 1140. The average Bonchev–Trinajstić information content (AvgIpc) is 3.02. The predicted molar refractivity (Wildman–Crippen MR) is 152 cm³/mol. The van der Waals surface area contributed by atoms with Crippen LogP contribution in [0.15, 0.2) is 72.8 Å². The lowest BCUT2D eigenvalue weighted by Gasteiger charge is -2.42. The number of methoxy groups -OCH3 is 3. The third-order valence-electron chi connectivity index (χ3n) is 7.13. The van der Waals surface area contributed by atoms with Crippen LogP contribution < -0.4 is 0 Å². The van der Waals surface area contributed by atoms with E-state index in [1.807, 2.05) is 60.7 Å². The van der Waals surface area contributed by atoms with Gasteiger partial charge in [0.2, 0.25) is 0 Å². The third kappa shape index (κ3) is 9.49. The molecule has 1 aliphatic rings. The molecule has 10 nitrogen and oxygen atoms in total. The van der Waals surface area contributed by atoms with E-state index >= 15 is 0 Å². The first kappa shape index (κ1) is 32.9. The molecule has 0 saturated carbocycles.